The summed E-state index contributed by atoms with van der Waals surface area (Å²) < 4.78 is 11.5. The highest BCUT2D eigenvalue weighted by molar-refractivity contribution is 7.73. The molecule has 0 aliphatic heterocycles. The minimum absolute atomic E-state index is 0.222. The second-order valence-corrected chi connectivity index (χ2v) is 13.8. The minimum atomic E-state index is -0.562. The van der Waals surface area contributed by atoms with Gasteiger partial charge in [0.15, 0.2) is 0 Å². The summed E-state index contributed by atoms with van der Waals surface area (Å²) in [5, 5.41) is 2.94. The number of benzene rings is 2. The first kappa shape index (κ1) is 26.5. The van der Waals surface area contributed by atoms with Crippen molar-refractivity contribution in [3.63, 3.8) is 0 Å². The van der Waals surface area contributed by atoms with Crippen LogP contribution in [0.25, 0.3) is 0 Å². The van der Waals surface area contributed by atoms with E-state index in [1.54, 1.807) is 14.2 Å². The monoisotopic (exact) mass is 495 g/mol. The van der Waals surface area contributed by atoms with E-state index < -0.39 is 7.92 Å². The van der Waals surface area contributed by atoms with Crippen LogP contribution >= 0.6 is 7.92 Å². The van der Waals surface area contributed by atoms with E-state index in [-0.39, 0.29) is 6.04 Å². The van der Waals surface area contributed by atoms with Crippen molar-refractivity contribution in [2.24, 2.45) is 23.5 Å². The van der Waals surface area contributed by atoms with Crippen LogP contribution in [-0.2, 0) is 0 Å². The van der Waals surface area contributed by atoms with E-state index in [0.717, 1.165) is 23.3 Å². The van der Waals surface area contributed by atoms with Crippen LogP contribution < -0.4 is 25.8 Å². The molecule has 2 fully saturated rings. The molecule has 0 saturated heterocycles. The summed E-state index contributed by atoms with van der Waals surface area (Å²) in [6.45, 7) is 11.0. The minimum Gasteiger partial charge on any atom is -0.496 e. The summed E-state index contributed by atoms with van der Waals surface area (Å²) >= 11 is 0. The van der Waals surface area contributed by atoms with Gasteiger partial charge in [-0.2, -0.15) is 0 Å². The molecule has 0 spiro atoms. The van der Waals surface area contributed by atoms with Crippen molar-refractivity contribution in [2.75, 3.05) is 14.2 Å². The first-order chi connectivity index (χ1) is 16.7. The Morgan fingerprint density at radius 2 is 1.20 bits per heavy atom. The number of hydrogen-bond acceptors (Lipinski definition) is 3. The van der Waals surface area contributed by atoms with Crippen LogP contribution in [0.1, 0.15) is 74.1 Å². The van der Waals surface area contributed by atoms with Crippen LogP contribution in [-0.4, -0.2) is 25.9 Å². The summed E-state index contributed by atoms with van der Waals surface area (Å²) in [5.41, 5.74) is 12.3. The van der Waals surface area contributed by atoms with Gasteiger partial charge >= 0.3 is 0 Å². The standard InChI is InChI=1S/C31H46NO2P/c1-19-13-26(14-20(2)30(19)33-6)35(27-15-21(3)31(34-7)22(4)16-27)29-18-25(17-28(29)23(5)32)24-11-9-8-10-12-24/h13-16,23-25,28-29H,8-12,17-18,32H2,1-7H3/t23-,25-,28?,29?/m1/s1. The molecular weight excluding hydrogens is 449 g/mol. The average Bonchev–Trinajstić information content (AvgIpc) is 3.25. The van der Waals surface area contributed by atoms with Gasteiger partial charge in [0.2, 0.25) is 0 Å². The highest BCUT2D eigenvalue weighted by Crippen LogP contribution is 2.56. The maximum absolute atomic E-state index is 6.76. The van der Waals surface area contributed by atoms with Gasteiger partial charge in [0.25, 0.3) is 0 Å². The molecule has 2 aliphatic rings. The summed E-state index contributed by atoms with van der Waals surface area (Å²) in [5.74, 6) is 4.31. The zero-order chi connectivity index (χ0) is 25.3. The third-order valence-electron chi connectivity index (χ3n) is 8.79. The molecule has 4 heteroatoms. The van der Waals surface area contributed by atoms with Crippen LogP contribution in [0, 0.1) is 45.4 Å². The van der Waals surface area contributed by atoms with Crippen molar-refractivity contribution in [3.8, 4) is 11.5 Å². The highest BCUT2D eigenvalue weighted by Gasteiger charge is 2.44. The summed E-state index contributed by atoms with van der Waals surface area (Å²) in [7, 11) is 3.01. The van der Waals surface area contributed by atoms with Crippen LogP contribution in [0.3, 0.4) is 0 Å². The molecular formula is C31H46NO2P. The molecule has 3 nitrogen and oxygen atoms in total. The van der Waals surface area contributed by atoms with Crippen molar-refractivity contribution < 1.29 is 9.47 Å². The lowest BCUT2D eigenvalue weighted by Crippen LogP contribution is -2.35. The first-order valence-electron chi connectivity index (χ1n) is 13.6. The molecule has 0 heterocycles. The zero-order valence-electron chi connectivity index (χ0n) is 23.0. The molecule has 0 radical (unpaired) electrons. The Morgan fingerprint density at radius 3 is 1.60 bits per heavy atom. The van der Waals surface area contributed by atoms with Crippen molar-refractivity contribution >= 4 is 18.5 Å². The van der Waals surface area contributed by atoms with E-state index in [4.69, 9.17) is 15.2 Å². The van der Waals surface area contributed by atoms with Crippen LogP contribution in [0.4, 0.5) is 0 Å². The highest BCUT2D eigenvalue weighted by atomic mass is 31.1. The molecule has 192 valence electrons. The van der Waals surface area contributed by atoms with Gasteiger partial charge in [0.1, 0.15) is 11.5 Å². The van der Waals surface area contributed by atoms with E-state index >= 15 is 0 Å². The molecule has 2 aromatic carbocycles. The predicted octanol–water partition coefficient (Wildman–Crippen LogP) is 6.69. The number of methoxy groups -OCH3 is 2. The average molecular weight is 496 g/mol. The summed E-state index contributed by atoms with van der Waals surface area (Å²) in [6, 6.07) is 9.83. The molecule has 2 N–H and O–H groups in total. The normalized spacial score (nSPS) is 24.1. The third kappa shape index (κ3) is 5.42. The van der Waals surface area contributed by atoms with Crippen molar-refractivity contribution in [1.82, 2.24) is 0 Å². The van der Waals surface area contributed by atoms with Gasteiger partial charge in [0.05, 0.1) is 14.2 Å². The molecule has 4 rings (SSSR count). The van der Waals surface area contributed by atoms with Gasteiger partial charge in [0, 0.05) is 6.04 Å². The molecule has 35 heavy (non-hydrogen) atoms. The zero-order valence-corrected chi connectivity index (χ0v) is 23.9. The van der Waals surface area contributed by atoms with E-state index in [1.807, 2.05) is 0 Å². The van der Waals surface area contributed by atoms with Crippen molar-refractivity contribution in [1.29, 1.82) is 0 Å². The third-order valence-corrected chi connectivity index (χ3v) is 11.7. The largest absolute Gasteiger partial charge is 0.496 e. The van der Waals surface area contributed by atoms with Gasteiger partial charge in [-0.1, -0.05) is 32.1 Å². The first-order valence-corrected chi connectivity index (χ1v) is 15.0. The lowest BCUT2D eigenvalue weighted by molar-refractivity contribution is 0.243. The van der Waals surface area contributed by atoms with Gasteiger partial charge in [-0.05, 0) is 136 Å². The fraction of sp³-hybridized carbons (Fsp3) is 0.613. The van der Waals surface area contributed by atoms with Crippen molar-refractivity contribution in [2.45, 2.75) is 91.3 Å². The van der Waals surface area contributed by atoms with E-state index in [9.17, 15) is 0 Å². The second-order valence-electron chi connectivity index (χ2n) is 11.3. The lowest BCUT2D eigenvalue weighted by Gasteiger charge is -2.33. The molecule has 2 unspecified atom stereocenters. The van der Waals surface area contributed by atoms with Crippen LogP contribution in [0.5, 0.6) is 11.5 Å². The fourth-order valence-electron chi connectivity index (χ4n) is 7.25. The number of ether oxygens (including phenoxy) is 2. The molecule has 2 aromatic rings. The smallest absolute Gasteiger partial charge is 0.124 e. The molecule has 4 atom stereocenters. The molecule has 2 saturated carbocycles. The Labute approximate surface area is 214 Å². The maximum atomic E-state index is 6.76. The fourth-order valence-corrected chi connectivity index (χ4v) is 10.9. The van der Waals surface area contributed by atoms with Gasteiger partial charge in [-0.25, -0.2) is 0 Å². The topological polar surface area (TPSA) is 44.5 Å². The van der Waals surface area contributed by atoms with Crippen LogP contribution in [0.2, 0.25) is 0 Å². The summed E-state index contributed by atoms with van der Waals surface area (Å²) in [4.78, 5) is 0. The SMILES string of the molecule is COc1c(C)cc(P(c2cc(C)c(OC)c(C)c2)C2C[C@H](C3CCCCC3)CC2[C@@H](C)N)cc1C. The molecule has 0 amide bonds. The van der Waals surface area contributed by atoms with Crippen molar-refractivity contribution in [3.05, 3.63) is 46.5 Å². The molecule has 0 bridgehead atoms. The van der Waals surface area contributed by atoms with Crippen LogP contribution in [0.15, 0.2) is 24.3 Å². The number of hydrogen-bond donors (Lipinski definition) is 1. The Bertz CT molecular complexity index is 921. The molecule has 2 aliphatic carbocycles. The van der Waals surface area contributed by atoms with E-state index in [1.165, 1.54) is 77.8 Å². The molecule has 0 aromatic heterocycles. The van der Waals surface area contributed by atoms with Gasteiger partial charge in [-0.3, -0.25) is 0 Å². The summed E-state index contributed by atoms with van der Waals surface area (Å²) in [6.07, 6.45) is 9.70. The van der Waals surface area contributed by atoms with Gasteiger partial charge in [-0.15, -0.1) is 0 Å². The number of nitrogens with two attached hydrogens (primary N) is 1. The van der Waals surface area contributed by atoms with E-state index in [2.05, 4.69) is 58.9 Å². The Morgan fingerprint density at radius 1 is 0.743 bits per heavy atom. The lowest BCUT2D eigenvalue weighted by atomic mass is 9.78. The maximum Gasteiger partial charge on any atom is 0.124 e. The Balaban J connectivity index is 1.82. The number of rotatable bonds is 7. The predicted molar refractivity (Wildman–Crippen MR) is 151 cm³/mol. The Hall–Kier alpha value is -1.57. The number of aryl methyl sites for hydroxylation is 4. The quantitative estimate of drug-likeness (QED) is 0.435. The Kier molecular flexibility index (Phi) is 8.49. The second kappa shape index (κ2) is 11.2. The van der Waals surface area contributed by atoms with E-state index in [0.29, 0.717) is 11.6 Å². The van der Waals surface area contributed by atoms with Gasteiger partial charge < -0.3 is 15.2 Å².